The second kappa shape index (κ2) is 6.11. The van der Waals surface area contributed by atoms with Gasteiger partial charge in [-0.15, -0.1) is 11.3 Å². The van der Waals surface area contributed by atoms with E-state index in [0.717, 1.165) is 35.0 Å². The number of halogens is 1. The van der Waals surface area contributed by atoms with Crippen LogP contribution in [-0.2, 0) is 9.47 Å². The maximum Gasteiger partial charge on any atom is 0.185 e. The minimum atomic E-state index is -0.683. The second-order valence-corrected chi connectivity index (χ2v) is 8.01. The van der Waals surface area contributed by atoms with Crippen LogP contribution in [0.3, 0.4) is 0 Å². The molecule has 0 bridgehead atoms. The van der Waals surface area contributed by atoms with Gasteiger partial charge in [0.25, 0.3) is 0 Å². The molecule has 2 aromatic rings. The van der Waals surface area contributed by atoms with Gasteiger partial charge in [-0.2, -0.15) is 0 Å². The lowest BCUT2D eigenvalue weighted by Crippen LogP contribution is -2.42. The SMILES string of the molecule is CCOC1OC1C1(C(O)c2cc(OC)cc3sc(Cl)nc23)CCC1. The van der Waals surface area contributed by atoms with Crippen molar-refractivity contribution < 1.29 is 19.3 Å². The zero-order valence-corrected chi connectivity index (χ0v) is 15.2. The summed E-state index contributed by atoms with van der Waals surface area (Å²) in [5.41, 5.74) is 1.20. The third-order valence-corrected chi connectivity index (χ3v) is 6.29. The Morgan fingerprint density at radius 1 is 1.50 bits per heavy atom. The largest absolute Gasteiger partial charge is 0.497 e. The lowest BCUT2D eigenvalue weighted by Gasteiger charge is -2.44. The molecule has 0 radical (unpaired) electrons. The minimum Gasteiger partial charge on any atom is -0.497 e. The van der Waals surface area contributed by atoms with E-state index in [-0.39, 0.29) is 17.8 Å². The van der Waals surface area contributed by atoms with Crippen LogP contribution < -0.4 is 4.74 Å². The maximum atomic E-state index is 11.2. The number of hydrogen-bond acceptors (Lipinski definition) is 6. The zero-order chi connectivity index (χ0) is 16.9. The van der Waals surface area contributed by atoms with E-state index in [9.17, 15) is 5.11 Å². The van der Waals surface area contributed by atoms with E-state index in [1.807, 2.05) is 19.1 Å². The molecule has 0 spiro atoms. The van der Waals surface area contributed by atoms with Crippen molar-refractivity contribution in [2.75, 3.05) is 13.7 Å². The Bertz CT molecular complexity index is 760. The monoisotopic (exact) mass is 369 g/mol. The van der Waals surface area contributed by atoms with Gasteiger partial charge in [0.1, 0.15) is 11.9 Å². The summed E-state index contributed by atoms with van der Waals surface area (Å²) in [6, 6.07) is 3.76. The highest BCUT2D eigenvalue weighted by Crippen LogP contribution is 2.60. The molecule has 1 saturated carbocycles. The Hall–Kier alpha value is -0.920. The van der Waals surface area contributed by atoms with Crippen LogP contribution in [0.2, 0.25) is 4.47 Å². The molecular formula is C17H20ClNO4S. The van der Waals surface area contributed by atoms with E-state index in [4.69, 9.17) is 25.8 Å². The van der Waals surface area contributed by atoms with Crippen molar-refractivity contribution in [3.63, 3.8) is 0 Å². The molecule has 24 heavy (non-hydrogen) atoms. The lowest BCUT2D eigenvalue weighted by molar-refractivity contribution is -0.0573. The molecular weight excluding hydrogens is 350 g/mol. The van der Waals surface area contributed by atoms with Crippen molar-refractivity contribution in [1.82, 2.24) is 4.98 Å². The van der Waals surface area contributed by atoms with E-state index >= 15 is 0 Å². The average molecular weight is 370 g/mol. The number of thiazole rings is 1. The number of aliphatic hydroxyl groups is 1. The van der Waals surface area contributed by atoms with E-state index in [0.29, 0.717) is 16.8 Å². The Balaban J connectivity index is 1.73. The highest BCUT2D eigenvalue weighted by Gasteiger charge is 2.62. The van der Waals surface area contributed by atoms with Gasteiger partial charge in [-0.25, -0.2) is 4.98 Å². The van der Waals surface area contributed by atoms with Crippen molar-refractivity contribution >= 4 is 33.2 Å². The fourth-order valence-corrected chi connectivity index (χ4v) is 4.82. The topological polar surface area (TPSA) is 64.1 Å². The van der Waals surface area contributed by atoms with Gasteiger partial charge in [-0.3, -0.25) is 0 Å². The van der Waals surface area contributed by atoms with Gasteiger partial charge in [-0.1, -0.05) is 18.0 Å². The van der Waals surface area contributed by atoms with Crippen LogP contribution in [0.15, 0.2) is 12.1 Å². The molecule has 2 heterocycles. The quantitative estimate of drug-likeness (QED) is 0.782. The molecule has 0 amide bonds. The van der Waals surface area contributed by atoms with Crippen LogP contribution in [0, 0.1) is 5.41 Å². The summed E-state index contributed by atoms with van der Waals surface area (Å²) in [6.07, 6.45) is 1.97. The number of ether oxygens (including phenoxy) is 3. The van der Waals surface area contributed by atoms with Gasteiger partial charge in [0.15, 0.2) is 10.8 Å². The van der Waals surface area contributed by atoms with Gasteiger partial charge < -0.3 is 19.3 Å². The van der Waals surface area contributed by atoms with Crippen molar-refractivity contribution in [1.29, 1.82) is 0 Å². The standard InChI is InChI=1S/C17H20ClNO4S/c1-3-22-15-14(23-15)17(5-4-6-17)13(20)10-7-9(21-2)8-11-12(10)19-16(18)24-11/h7-8,13-15,20H,3-6H2,1-2H3. The summed E-state index contributed by atoms with van der Waals surface area (Å²) in [4.78, 5) is 4.41. The number of benzene rings is 1. The first-order valence-electron chi connectivity index (χ1n) is 8.18. The molecule has 130 valence electrons. The van der Waals surface area contributed by atoms with Crippen LogP contribution in [0.1, 0.15) is 37.9 Å². The molecule has 1 aliphatic heterocycles. The fourth-order valence-electron chi connectivity index (χ4n) is 3.73. The first-order chi connectivity index (χ1) is 11.6. The summed E-state index contributed by atoms with van der Waals surface area (Å²) in [5, 5.41) is 11.2. The van der Waals surface area contributed by atoms with E-state index in [1.165, 1.54) is 11.3 Å². The number of rotatable bonds is 6. The van der Waals surface area contributed by atoms with Gasteiger partial charge in [0, 0.05) is 17.6 Å². The molecule has 1 saturated heterocycles. The second-order valence-electron chi connectivity index (χ2n) is 6.40. The summed E-state index contributed by atoms with van der Waals surface area (Å²) in [5.74, 6) is 0.699. The molecule has 1 aromatic heterocycles. The predicted molar refractivity (Wildman–Crippen MR) is 92.7 cm³/mol. The zero-order valence-electron chi connectivity index (χ0n) is 13.6. The molecule has 1 N–H and O–H groups in total. The Labute approximate surface area is 149 Å². The van der Waals surface area contributed by atoms with Gasteiger partial charge >= 0.3 is 0 Å². The smallest absolute Gasteiger partial charge is 0.185 e. The highest BCUT2D eigenvalue weighted by molar-refractivity contribution is 7.22. The number of aromatic nitrogens is 1. The molecule has 5 nitrogen and oxygen atoms in total. The first kappa shape index (κ1) is 16.5. The van der Waals surface area contributed by atoms with Crippen molar-refractivity contribution in [3.05, 3.63) is 22.2 Å². The van der Waals surface area contributed by atoms with Crippen LogP contribution >= 0.6 is 22.9 Å². The Morgan fingerprint density at radius 2 is 2.29 bits per heavy atom. The van der Waals surface area contributed by atoms with E-state index in [2.05, 4.69) is 4.98 Å². The van der Waals surface area contributed by atoms with Crippen molar-refractivity contribution in [3.8, 4) is 5.75 Å². The van der Waals surface area contributed by atoms with Gasteiger partial charge in [-0.05, 0) is 31.9 Å². The van der Waals surface area contributed by atoms with Crippen LogP contribution in [0.5, 0.6) is 5.75 Å². The number of nitrogens with zero attached hydrogens (tertiary/aromatic N) is 1. The lowest BCUT2D eigenvalue weighted by atomic mass is 9.61. The Morgan fingerprint density at radius 3 is 2.92 bits per heavy atom. The minimum absolute atomic E-state index is 0.0587. The molecule has 4 rings (SSSR count). The molecule has 1 aliphatic carbocycles. The number of hydrogen-bond donors (Lipinski definition) is 1. The summed E-state index contributed by atoms with van der Waals surface area (Å²) in [6.45, 7) is 2.56. The van der Waals surface area contributed by atoms with Crippen LogP contribution in [0.25, 0.3) is 10.2 Å². The molecule has 3 atom stereocenters. The molecule has 2 fully saturated rings. The molecule has 3 unspecified atom stereocenters. The number of fused-ring (bicyclic) bond motifs is 1. The number of epoxide rings is 1. The highest BCUT2D eigenvalue weighted by atomic mass is 35.5. The van der Waals surface area contributed by atoms with Crippen molar-refractivity contribution in [2.24, 2.45) is 5.41 Å². The van der Waals surface area contributed by atoms with Gasteiger partial charge in [0.05, 0.1) is 23.4 Å². The number of aliphatic hydroxyl groups excluding tert-OH is 1. The molecule has 2 aliphatic rings. The maximum absolute atomic E-state index is 11.2. The first-order valence-corrected chi connectivity index (χ1v) is 9.37. The van der Waals surface area contributed by atoms with Crippen LogP contribution in [0.4, 0.5) is 0 Å². The van der Waals surface area contributed by atoms with Crippen LogP contribution in [-0.4, -0.2) is 36.2 Å². The van der Waals surface area contributed by atoms with Gasteiger partial charge in [0.2, 0.25) is 0 Å². The molecule has 7 heteroatoms. The normalized spacial score (nSPS) is 26.2. The van der Waals surface area contributed by atoms with E-state index in [1.54, 1.807) is 7.11 Å². The number of methoxy groups -OCH3 is 1. The molecule has 1 aromatic carbocycles. The average Bonchev–Trinajstić information content (AvgIpc) is 3.16. The summed E-state index contributed by atoms with van der Waals surface area (Å²) < 4.78 is 18.1. The summed E-state index contributed by atoms with van der Waals surface area (Å²) >= 11 is 7.49. The fraction of sp³-hybridized carbons (Fsp3) is 0.588. The Kier molecular flexibility index (Phi) is 4.21. The summed E-state index contributed by atoms with van der Waals surface area (Å²) in [7, 11) is 1.62. The van der Waals surface area contributed by atoms with E-state index < -0.39 is 6.10 Å². The third kappa shape index (κ3) is 2.52. The van der Waals surface area contributed by atoms with Crippen molar-refractivity contribution in [2.45, 2.75) is 44.7 Å². The third-order valence-electron chi connectivity index (χ3n) is 5.18. The predicted octanol–water partition coefficient (Wildman–Crippen LogP) is 3.92.